The number of rotatable bonds is 7. The molecule has 0 bridgehead atoms. The van der Waals surface area contributed by atoms with Gasteiger partial charge < -0.3 is 10.1 Å². The van der Waals surface area contributed by atoms with Crippen molar-refractivity contribution in [3.63, 3.8) is 0 Å². The zero-order chi connectivity index (χ0) is 17.4. The number of ether oxygens (including phenoxy) is 1. The molecule has 5 nitrogen and oxygen atoms in total. The molecular weight excluding hydrogens is 328 g/mol. The first kappa shape index (κ1) is 17.9. The topological polar surface area (TPSA) is 68.3 Å². The number of hydrogen-bond acceptors (Lipinski definition) is 4. The SMILES string of the molecule is CCCCc1ccc(NC(=O)COC(=O)c2cc(Cl)ccn2)cc1. The van der Waals surface area contributed by atoms with E-state index in [9.17, 15) is 9.59 Å². The fourth-order valence-electron chi connectivity index (χ4n) is 2.05. The van der Waals surface area contributed by atoms with E-state index in [0.29, 0.717) is 10.7 Å². The average molecular weight is 347 g/mol. The number of hydrogen-bond donors (Lipinski definition) is 1. The zero-order valence-electron chi connectivity index (χ0n) is 13.4. The molecule has 2 aromatic rings. The van der Waals surface area contributed by atoms with Gasteiger partial charge in [-0.15, -0.1) is 0 Å². The minimum Gasteiger partial charge on any atom is -0.451 e. The fourth-order valence-corrected chi connectivity index (χ4v) is 2.21. The maximum absolute atomic E-state index is 11.8. The van der Waals surface area contributed by atoms with Crippen LogP contribution < -0.4 is 5.32 Å². The van der Waals surface area contributed by atoms with Crippen molar-refractivity contribution in [2.45, 2.75) is 26.2 Å². The molecule has 1 heterocycles. The first-order valence-corrected chi connectivity index (χ1v) is 8.13. The van der Waals surface area contributed by atoms with Crippen molar-refractivity contribution in [3.05, 3.63) is 58.9 Å². The third-order valence-electron chi connectivity index (χ3n) is 3.32. The number of nitrogens with one attached hydrogen (secondary N) is 1. The molecule has 0 fully saturated rings. The third kappa shape index (κ3) is 5.66. The Labute approximate surface area is 146 Å². The molecule has 0 aliphatic carbocycles. The summed E-state index contributed by atoms with van der Waals surface area (Å²) >= 11 is 5.78. The molecule has 1 aromatic carbocycles. The third-order valence-corrected chi connectivity index (χ3v) is 3.56. The Morgan fingerprint density at radius 1 is 1.21 bits per heavy atom. The van der Waals surface area contributed by atoms with Gasteiger partial charge in [0.15, 0.2) is 6.61 Å². The van der Waals surface area contributed by atoms with Gasteiger partial charge in [-0.1, -0.05) is 37.1 Å². The van der Waals surface area contributed by atoms with Crippen LogP contribution in [0.3, 0.4) is 0 Å². The number of carbonyl (C=O) groups is 2. The lowest BCUT2D eigenvalue weighted by Gasteiger charge is -2.07. The van der Waals surface area contributed by atoms with Crippen molar-refractivity contribution >= 4 is 29.2 Å². The van der Waals surface area contributed by atoms with E-state index in [2.05, 4.69) is 17.2 Å². The maximum atomic E-state index is 11.8. The number of anilines is 1. The van der Waals surface area contributed by atoms with Crippen LogP contribution in [0.2, 0.25) is 5.02 Å². The normalized spacial score (nSPS) is 10.2. The Hall–Kier alpha value is -2.40. The van der Waals surface area contributed by atoms with Gasteiger partial charge in [-0.25, -0.2) is 9.78 Å². The molecule has 2 rings (SSSR count). The average Bonchev–Trinajstić information content (AvgIpc) is 2.59. The van der Waals surface area contributed by atoms with Gasteiger partial charge in [0.2, 0.25) is 0 Å². The van der Waals surface area contributed by atoms with Gasteiger partial charge >= 0.3 is 5.97 Å². The van der Waals surface area contributed by atoms with E-state index in [1.165, 1.54) is 17.8 Å². The molecule has 126 valence electrons. The van der Waals surface area contributed by atoms with E-state index < -0.39 is 11.9 Å². The van der Waals surface area contributed by atoms with E-state index >= 15 is 0 Å². The number of aromatic nitrogens is 1. The van der Waals surface area contributed by atoms with E-state index in [4.69, 9.17) is 16.3 Å². The standard InChI is InChI=1S/C18H19ClN2O3/c1-2-3-4-13-5-7-15(8-6-13)21-17(22)12-24-18(23)16-11-14(19)9-10-20-16/h5-11H,2-4,12H2,1H3,(H,21,22). The quantitative estimate of drug-likeness (QED) is 0.773. The van der Waals surface area contributed by atoms with Crippen molar-refractivity contribution in [1.82, 2.24) is 4.98 Å². The molecule has 24 heavy (non-hydrogen) atoms. The molecule has 1 N–H and O–H groups in total. The summed E-state index contributed by atoms with van der Waals surface area (Å²) in [6.45, 7) is 1.76. The van der Waals surface area contributed by atoms with Crippen LogP contribution in [-0.2, 0) is 16.0 Å². The molecule has 1 amide bonds. The van der Waals surface area contributed by atoms with Gasteiger partial charge in [0.05, 0.1) is 0 Å². The summed E-state index contributed by atoms with van der Waals surface area (Å²) in [5.74, 6) is -1.10. The smallest absolute Gasteiger partial charge is 0.357 e. The van der Waals surface area contributed by atoms with Crippen LogP contribution >= 0.6 is 11.6 Å². The van der Waals surface area contributed by atoms with E-state index in [1.54, 1.807) is 6.07 Å². The second-order valence-corrected chi connectivity index (χ2v) is 5.72. The summed E-state index contributed by atoms with van der Waals surface area (Å²) in [5, 5.41) is 3.06. The number of benzene rings is 1. The fraction of sp³-hybridized carbons (Fsp3) is 0.278. The van der Waals surface area contributed by atoms with E-state index in [1.807, 2.05) is 24.3 Å². The molecule has 0 unspecified atom stereocenters. The lowest BCUT2D eigenvalue weighted by Crippen LogP contribution is -2.21. The Bertz CT molecular complexity index is 702. The number of pyridine rings is 1. The van der Waals surface area contributed by atoms with Crippen molar-refractivity contribution in [2.24, 2.45) is 0 Å². The van der Waals surface area contributed by atoms with Gasteiger partial charge in [0.25, 0.3) is 5.91 Å². The van der Waals surface area contributed by atoms with Crippen molar-refractivity contribution in [2.75, 3.05) is 11.9 Å². The van der Waals surface area contributed by atoms with Gasteiger partial charge in [-0.3, -0.25) is 4.79 Å². The summed E-state index contributed by atoms with van der Waals surface area (Å²) in [6, 6.07) is 10.6. The molecule has 0 saturated carbocycles. The van der Waals surface area contributed by atoms with Crippen LogP contribution in [0, 0.1) is 0 Å². The summed E-state index contributed by atoms with van der Waals surface area (Å²) in [5.41, 5.74) is 1.96. The highest BCUT2D eigenvalue weighted by Crippen LogP contribution is 2.12. The Balaban J connectivity index is 1.81. The Kier molecular flexibility index (Phi) is 6.75. The number of amides is 1. The second-order valence-electron chi connectivity index (χ2n) is 5.28. The molecule has 6 heteroatoms. The minimum absolute atomic E-state index is 0.0653. The molecule has 0 aliphatic rings. The first-order valence-electron chi connectivity index (χ1n) is 7.76. The number of aryl methyl sites for hydroxylation is 1. The zero-order valence-corrected chi connectivity index (χ0v) is 14.2. The van der Waals surface area contributed by atoms with E-state index in [0.717, 1.165) is 19.3 Å². The van der Waals surface area contributed by atoms with Gasteiger partial charge in [-0.05, 0) is 42.7 Å². The van der Waals surface area contributed by atoms with Crippen LogP contribution in [0.15, 0.2) is 42.6 Å². The number of carbonyl (C=O) groups excluding carboxylic acids is 2. The van der Waals surface area contributed by atoms with Crippen LogP contribution in [-0.4, -0.2) is 23.5 Å². The van der Waals surface area contributed by atoms with Crippen LogP contribution in [0.1, 0.15) is 35.8 Å². The van der Waals surface area contributed by atoms with E-state index in [-0.39, 0.29) is 12.3 Å². The lowest BCUT2D eigenvalue weighted by molar-refractivity contribution is -0.119. The number of nitrogens with zero attached hydrogens (tertiary/aromatic N) is 1. The Morgan fingerprint density at radius 2 is 1.96 bits per heavy atom. The van der Waals surface area contributed by atoms with Crippen LogP contribution in [0.25, 0.3) is 0 Å². The molecule has 0 spiro atoms. The molecule has 0 aliphatic heterocycles. The number of unbranched alkanes of at least 4 members (excludes halogenated alkanes) is 1. The second kappa shape index (κ2) is 9.03. The monoisotopic (exact) mass is 346 g/mol. The summed E-state index contributed by atoms with van der Waals surface area (Å²) in [4.78, 5) is 27.5. The molecule has 0 saturated heterocycles. The summed E-state index contributed by atoms with van der Waals surface area (Å²) in [7, 11) is 0. The number of esters is 1. The summed E-state index contributed by atoms with van der Waals surface area (Å²) in [6.07, 6.45) is 4.71. The highest BCUT2D eigenvalue weighted by molar-refractivity contribution is 6.30. The van der Waals surface area contributed by atoms with Gasteiger partial charge in [0.1, 0.15) is 5.69 Å². The predicted octanol–water partition coefficient (Wildman–Crippen LogP) is 3.87. The first-order chi connectivity index (χ1) is 11.6. The van der Waals surface area contributed by atoms with Gasteiger partial charge in [0, 0.05) is 16.9 Å². The van der Waals surface area contributed by atoms with Crippen molar-refractivity contribution < 1.29 is 14.3 Å². The predicted molar refractivity (Wildman–Crippen MR) is 93.2 cm³/mol. The van der Waals surface area contributed by atoms with Crippen molar-refractivity contribution in [1.29, 1.82) is 0 Å². The molecule has 0 atom stereocenters. The summed E-state index contributed by atoms with van der Waals surface area (Å²) < 4.78 is 4.92. The highest BCUT2D eigenvalue weighted by atomic mass is 35.5. The molecule has 1 aromatic heterocycles. The highest BCUT2D eigenvalue weighted by Gasteiger charge is 2.12. The minimum atomic E-state index is -0.692. The largest absolute Gasteiger partial charge is 0.451 e. The van der Waals surface area contributed by atoms with Crippen LogP contribution in [0.4, 0.5) is 5.69 Å². The lowest BCUT2D eigenvalue weighted by atomic mass is 10.1. The maximum Gasteiger partial charge on any atom is 0.357 e. The van der Waals surface area contributed by atoms with Gasteiger partial charge in [-0.2, -0.15) is 0 Å². The molecule has 0 radical (unpaired) electrons. The van der Waals surface area contributed by atoms with Crippen LogP contribution in [0.5, 0.6) is 0 Å². The van der Waals surface area contributed by atoms with Crippen molar-refractivity contribution in [3.8, 4) is 0 Å². The number of halogens is 1. The molecular formula is C18H19ClN2O3. The Morgan fingerprint density at radius 3 is 2.62 bits per heavy atom.